The Labute approximate surface area is 103 Å². The molecule has 3 nitrogen and oxygen atoms in total. The molecular weight excluding hydrogens is 224 g/mol. The molecular formula is C12H19ClN2O. The van der Waals surface area contributed by atoms with Crippen molar-refractivity contribution in [2.24, 2.45) is 0 Å². The first-order valence-corrected chi connectivity index (χ1v) is 5.47. The summed E-state index contributed by atoms with van der Waals surface area (Å²) in [6, 6.07) is 5.90. The van der Waals surface area contributed by atoms with Gasteiger partial charge in [0.05, 0.1) is 0 Å². The van der Waals surface area contributed by atoms with Crippen molar-refractivity contribution < 1.29 is 5.11 Å². The van der Waals surface area contributed by atoms with Crippen LogP contribution in [0.5, 0.6) is 5.75 Å². The Hall–Kier alpha value is -0.770. The highest BCUT2D eigenvalue weighted by Gasteiger charge is 2.11. The summed E-state index contributed by atoms with van der Waals surface area (Å²) in [6.45, 7) is 7.07. The smallest absolute Gasteiger partial charge is 0.120 e. The second-order valence-electron chi connectivity index (χ2n) is 4.16. The average molecular weight is 243 g/mol. The van der Waals surface area contributed by atoms with Gasteiger partial charge in [-0.1, -0.05) is 12.1 Å². The van der Waals surface area contributed by atoms with E-state index in [1.165, 1.54) is 0 Å². The maximum absolute atomic E-state index is 9.78. The molecule has 1 heterocycles. The number of benzene rings is 1. The van der Waals surface area contributed by atoms with E-state index in [2.05, 4.69) is 16.3 Å². The quantitative estimate of drug-likeness (QED) is 0.826. The second kappa shape index (κ2) is 6.09. The molecule has 1 aromatic rings. The summed E-state index contributed by atoms with van der Waals surface area (Å²) in [7, 11) is 0. The van der Waals surface area contributed by atoms with Crippen LogP contribution in [0.3, 0.4) is 0 Å². The van der Waals surface area contributed by atoms with Gasteiger partial charge < -0.3 is 10.4 Å². The SMILES string of the molecule is Cc1ccc(CN2CCNCC2)c(O)c1.Cl. The van der Waals surface area contributed by atoms with Crippen LogP contribution in [-0.2, 0) is 6.54 Å². The number of nitrogens with one attached hydrogen (secondary N) is 1. The molecule has 16 heavy (non-hydrogen) atoms. The van der Waals surface area contributed by atoms with Crippen LogP contribution in [0.2, 0.25) is 0 Å². The van der Waals surface area contributed by atoms with Crippen LogP contribution in [0.1, 0.15) is 11.1 Å². The van der Waals surface area contributed by atoms with Crippen molar-refractivity contribution in [2.75, 3.05) is 26.2 Å². The molecule has 1 saturated heterocycles. The van der Waals surface area contributed by atoms with Crippen molar-refractivity contribution in [3.8, 4) is 5.75 Å². The molecule has 0 atom stereocenters. The van der Waals surface area contributed by atoms with Crippen molar-refractivity contribution in [3.05, 3.63) is 29.3 Å². The summed E-state index contributed by atoms with van der Waals surface area (Å²) in [4.78, 5) is 2.36. The minimum absolute atomic E-state index is 0. The lowest BCUT2D eigenvalue weighted by atomic mass is 10.1. The Kier molecular flexibility index (Phi) is 5.06. The highest BCUT2D eigenvalue weighted by Crippen LogP contribution is 2.20. The van der Waals surface area contributed by atoms with Gasteiger partial charge in [0.15, 0.2) is 0 Å². The van der Waals surface area contributed by atoms with E-state index in [1.54, 1.807) is 0 Å². The fourth-order valence-electron chi connectivity index (χ4n) is 1.92. The molecule has 1 aliphatic rings. The molecule has 4 heteroatoms. The van der Waals surface area contributed by atoms with E-state index in [-0.39, 0.29) is 12.4 Å². The van der Waals surface area contributed by atoms with Gasteiger partial charge in [0.25, 0.3) is 0 Å². The number of phenols is 1. The van der Waals surface area contributed by atoms with Crippen LogP contribution in [0, 0.1) is 6.92 Å². The molecule has 0 bridgehead atoms. The van der Waals surface area contributed by atoms with Crippen molar-refractivity contribution in [3.63, 3.8) is 0 Å². The number of piperazine rings is 1. The van der Waals surface area contributed by atoms with Gasteiger partial charge in [0.2, 0.25) is 0 Å². The van der Waals surface area contributed by atoms with Gasteiger partial charge in [-0.05, 0) is 18.6 Å². The summed E-state index contributed by atoms with van der Waals surface area (Å²) in [5.74, 6) is 0.425. The Morgan fingerprint density at radius 2 is 2.00 bits per heavy atom. The molecule has 0 aromatic heterocycles. The monoisotopic (exact) mass is 242 g/mol. The fourth-order valence-corrected chi connectivity index (χ4v) is 1.92. The predicted molar refractivity (Wildman–Crippen MR) is 68.2 cm³/mol. The van der Waals surface area contributed by atoms with Gasteiger partial charge in [-0.2, -0.15) is 0 Å². The molecule has 0 aliphatic carbocycles. The van der Waals surface area contributed by atoms with Gasteiger partial charge >= 0.3 is 0 Å². The Morgan fingerprint density at radius 3 is 2.62 bits per heavy atom. The van der Waals surface area contributed by atoms with Crippen molar-refractivity contribution in [1.29, 1.82) is 0 Å². The normalized spacial score (nSPS) is 16.8. The molecule has 1 fully saturated rings. The largest absolute Gasteiger partial charge is 0.508 e. The maximum Gasteiger partial charge on any atom is 0.120 e. The van der Waals surface area contributed by atoms with Crippen LogP contribution in [0.15, 0.2) is 18.2 Å². The van der Waals surface area contributed by atoms with E-state index in [1.807, 2.05) is 19.1 Å². The molecule has 0 radical (unpaired) electrons. The zero-order chi connectivity index (χ0) is 10.7. The maximum atomic E-state index is 9.78. The number of halogens is 1. The van der Waals surface area contributed by atoms with Crippen LogP contribution in [0.4, 0.5) is 0 Å². The van der Waals surface area contributed by atoms with Crippen LogP contribution in [0.25, 0.3) is 0 Å². The number of nitrogens with zero attached hydrogens (tertiary/aromatic N) is 1. The Morgan fingerprint density at radius 1 is 1.31 bits per heavy atom. The fraction of sp³-hybridized carbons (Fsp3) is 0.500. The molecule has 0 spiro atoms. The van der Waals surface area contributed by atoms with Gasteiger partial charge in [0.1, 0.15) is 5.75 Å². The predicted octanol–water partition coefficient (Wildman–Crippen LogP) is 1.53. The summed E-state index contributed by atoms with van der Waals surface area (Å²) in [5.41, 5.74) is 2.14. The number of phenolic OH excluding ortho intramolecular Hbond substituents is 1. The number of hydrogen-bond acceptors (Lipinski definition) is 3. The lowest BCUT2D eigenvalue weighted by Crippen LogP contribution is -2.42. The molecule has 90 valence electrons. The van der Waals surface area contributed by atoms with Gasteiger partial charge in [0, 0.05) is 38.3 Å². The molecule has 2 rings (SSSR count). The first-order valence-electron chi connectivity index (χ1n) is 5.47. The highest BCUT2D eigenvalue weighted by atomic mass is 35.5. The zero-order valence-electron chi connectivity index (χ0n) is 9.57. The number of aromatic hydroxyl groups is 1. The third-order valence-corrected chi connectivity index (χ3v) is 2.84. The first kappa shape index (κ1) is 13.3. The van der Waals surface area contributed by atoms with E-state index in [9.17, 15) is 5.11 Å². The Balaban J connectivity index is 0.00000128. The number of aryl methyl sites for hydroxylation is 1. The standard InChI is InChI=1S/C12H18N2O.ClH/c1-10-2-3-11(12(15)8-10)9-14-6-4-13-5-7-14;/h2-3,8,13,15H,4-7,9H2,1H3;1H. The van der Waals surface area contributed by atoms with Crippen LogP contribution < -0.4 is 5.32 Å². The van der Waals surface area contributed by atoms with E-state index >= 15 is 0 Å². The van der Waals surface area contributed by atoms with Gasteiger partial charge in [-0.3, -0.25) is 4.90 Å². The summed E-state index contributed by atoms with van der Waals surface area (Å²) in [5, 5.41) is 13.1. The molecule has 1 aliphatic heterocycles. The lowest BCUT2D eigenvalue weighted by molar-refractivity contribution is 0.230. The van der Waals surface area contributed by atoms with Crippen molar-refractivity contribution in [2.45, 2.75) is 13.5 Å². The molecule has 0 saturated carbocycles. The highest BCUT2D eigenvalue weighted by molar-refractivity contribution is 5.85. The van der Waals surface area contributed by atoms with E-state index in [0.29, 0.717) is 5.75 Å². The Bertz CT molecular complexity index is 338. The van der Waals surface area contributed by atoms with Crippen LogP contribution in [-0.4, -0.2) is 36.2 Å². The molecule has 2 N–H and O–H groups in total. The minimum atomic E-state index is 0. The molecule has 0 unspecified atom stereocenters. The topological polar surface area (TPSA) is 35.5 Å². The molecule has 1 aromatic carbocycles. The lowest BCUT2D eigenvalue weighted by Gasteiger charge is -2.27. The van der Waals surface area contributed by atoms with E-state index in [4.69, 9.17) is 0 Å². The van der Waals surface area contributed by atoms with E-state index in [0.717, 1.165) is 43.9 Å². The third kappa shape index (κ3) is 3.37. The number of hydrogen-bond donors (Lipinski definition) is 2. The minimum Gasteiger partial charge on any atom is -0.508 e. The van der Waals surface area contributed by atoms with E-state index < -0.39 is 0 Å². The second-order valence-corrected chi connectivity index (χ2v) is 4.16. The summed E-state index contributed by atoms with van der Waals surface area (Å²) < 4.78 is 0. The first-order chi connectivity index (χ1) is 7.25. The van der Waals surface area contributed by atoms with Crippen molar-refractivity contribution >= 4 is 12.4 Å². The molecule has 0 amide bonds. The summed E-state index contributed by atoms with van der Waals surface area (Å²) >= 11 is 0. The number of rotatable bonds is 2. The van der Waals surface area contributed by atoms with Gasteiger partial charge in [-0.25, -0.2) is 0 Å². The van der Waals surface area contributed by atoms with Crippen LogP contribution >= 0.6 is 12.4 Å². The van der Waals surface area contributed by atoms with Crippen molar-refractivity contribution in [1.82, 2.24) is 10.2 Å². The third-order valence-electron chi connectivity index (χ3n) is 2.84. The average Bonchev–Trinajstić information content (AvgIpc) is 2.24. The summed E-state index contributed by atoms with van der Waals surface area (Å²) in [6.07, 6.45) is 0. The zero-order valence-corrected chi connectivity index (χ0v) is 10.4. The van der Waals surface area contributed by atoms with Gasteiger partial charge in [-0.15, -0.1) is 12.4 Å².